The first kappa shape index (κ1) is 21.5. The monoisotopic (exact) mass is 472 g/mol. The van der Waals surface area contributed by atoms with Crippen LogP contribution in [0.4, 0.5) is 11.4 Å². The van der Waals surface area contributed by atoms with Crippen LogP contribution in [0.25, 0.3) is 0 Å². The molecule has 3 aromatic rings. The van der Waals surface area contributed by atoms with Crippen molar-refractivity contribution in [2.75, 3.05) is 9.80 Å². The van der Waals surface area contributed by atoms with Gasteiger partial charge in [0.15, 0.2) is 0 Å². The minimum Gasteiger partial charge on any atom is -0.320 e. The predicted octanol–water partition coefficient (Wildman–Crippen LogP) is 5.81. The summed E-state index contributed by atoms with van der Waals surface area (Å²) in [7, 11) is 0. The van der Waals surface area contributed by atoms with Crippen LogP contribution in [0.3, 0.4) is 0 Å². The molecule has 0 saturated heterocycles. The van der Waals surface area contributed by atoms with E-state index < -0.39 is 12.1 Å². The topological polar surface area (TPSA) is 61.6 Å². The van der Waals surface area contributed by atoms with E-state index in [1.807, 2.05) is 65.3 Å². The molecule has 1 aliphatic heterocycles. The van der Waals surface area contributed by atoms with Crippen LogP contribution >= 0.6 is 34.8 Å². The first-order valence-corrected chi connectivity index (χ1v) is 10.6. The largest absolute Gasteiger partial charge is 0.320 e. The maximum absolute atomic E-state index is 12.8. The lowest BCUT2D eigenvalue weighted by Gasteiger charge is -2.35. The minimum atomic E-state index is -0.443. The molecular formula is C23H19Cl3N4O. The predicted molar refractivity (Wildman–Crippen MR) is 127 cm³/mol. The first-order valence-electron chi connectivity index (χ1n) is 9.47. The number of halogens is 3. The number of nitrogens with one attached hydrogen (secondary N) is 1. The van der Waals surface area contributed by atoms with Gasteiger partial charge in [-0.05, 0) is 61.0 Å². The van der Waals surface area contributed by atoms with Crippen molar-refractivity contribution >= 4 is 52.1 Å². The van der Waals surface area contributed by atoms with Crippen LogP contribution in [0.5, 0.6) is 0 Å². The second-order valence-corrected chi connectivity index (χ2v) is 8.35. The quantitative estimate of drug-likeness (QED) is 0.285. The van der Waals surface area contributed by atoms with E-state index >= 15 is 0 Å². The van der Waals surface area contributed by atoms with E-state index in [9.17, 15) is 4.79 Å². The van der Waals surface area contributed by atoms with Gasteiger partial charge >= 0.3 is 0 Å². The van der Waals surface area contributed by atoms with Crippen LogP contribution in [0.2, 0.25) is 15.1 Å². The standard InChI is InChI=1S/C23H19Cl3N4O/c1-14-12-16(25)8-11-20(14)30-21(22(31)28-27)13-29(17-9-6-15(24)7-10-17)23(30)18-4-2-3-5-19(18)26/h2-13,23H,27H2,1H3,(H,28,31). The van der Waals surface area contributed by atoms with Crippen molar-refractivity contribution in [1.82, 2.24) is 5.43 Å². The van der Waals surface area contributed by atoms with E-state index in [-0.39, 0.29) is 0 Å². The van der Waals surface area contributed by atoms with E-state index in [1.165, 1.54) is 0 Å². The van der Waals surface area contributed by atoms with Gasteiger partial charge in [-0.2, -0.15) is 0 Å². The van der Waals surface area contributed by atoms with Gasteiger partial charge in [0.25, 0.3) is 5.91 Å². The van der Waals surface area contributed by atoms with Gasteiger partial charge in [0.05, 0.1) is 0 Å². The maximum atomic E-state index is 12.8. The molecule has 8 heteroatoms. The summed E-state index contributed by atoms with van der Waals surface area (Å²) in [4.78, 5) is 16.7. The van der Waals surface area contributed by atoms with Crippen LogP contribution in [0, 0.1) is 6.92 Å². The number of hydrogen-bond donors (Lipinski definition) is 2. The van der Waals surface area contributed by atoms with Gasteiger partial charge in [-0.15, -0.1) is 0 Å². The highest BCUT2D eigenvalue weighted by Gasteiger charge is 2.39. The van der Waals surface area contributed by atoms with Crippen molar-refractivity contribution in [3.8, 4) is 0 Å². The number of rotatable bonds is 4. The van der Waals surface area contributed by atoms with E-state index in [1.54, 1.807) is 24.4 Å². The lowest BCUT2D eigenvalue weighted by molar-refractivity contribution is -0.117. The summed E-state index contributed by atoms with van der Waals surface area (Å²) in [6.07, 6.45) is 1.31. The van der Waals surface area contributed by atoms with Crippen LogP contribution in [0.15, 0.2) is 78.6 Å². The number of hydrazine groups is 1. The Hall–Kier alpha value is -2.70. The number of nitrogens with two attached hydrogens (primary N) is 1. The number of carbonyl (C=O) groups is 1. The van der Waals surface area contributed by atoms with Gasteiger partial charge in [-0.3, -0.25) is 10.2 Å². The fourth-order valence-electron chi connectivity index (χ4n) is 3.72. The molecule has 31 heavy (non-hydrogen) atoms. The van der Waals surface area contributed by atoms with E-state index in [4.69, 9.17) is 40.6 Å². The molecule has 0 aromatic heterocycles. The molecule has 0 aliphatic carbocycles. The van der Waals surface area contributed by atoms with E-state index in [0.29, 0.717) is 20.8 Å². The number of hydrogen-bond acceptors (Lipinski definition) is 4. The smallest absolute Gasteiger partial charge is 0.283 e. The molecule has 5 nitrogen and oxygen atoms in total. The Morgan fingerprint density at radius 3 is 2.29 bits per heavy atom. The number of carbonyl (C=O) groups excluding carboxylic acids is 1. The average molecular weight is 474 g/mol. The van der Waals surface area contributed by atoms with Crippen LogP contribution < -0.4 is 21.1 Å². The number of aryl methyl sites for hydroxylation is 1. The zero-order valence-electron chi connectivity index (χ0n) is 16.5. The van der Waals surface area contributed by atoms with Crippen molar-refractivity contribution in [1.29, 1.82) is 0 Å². The highest BCUT2D eigenvalue weighted by atomic mass is 35.5. The molecule has 1 heterocycles. The molecule has 1 atom stereocenters. The molecule has 0 bridgehead atoms. The first-order chi connectivity index (χ1) is 14.9. The molecule has 3 aromatic carbocycles. The van der Waals surface area contributed by atoms with Crippen LogP contribution in [-0.2, 0) is 4.79 Å². The van der Waals surface area contributed by atoms with Crippen molar-refractivity contribution in [2.45, 2.75) is 13.1 Å². The summed E-state index contributed by atoms with van der Waals surface area (Å²) in [6.45, 7) is 1.94. The number of amides is 1. The molecule has 0 radical (unpaired) electrons. The highest BCUT2D eigenvalue weighted by Crippen LogP contribution is 2.45. The summed E-state index contributed by atoms with van der Waals surface area (Å²) in [5, 5.41) is 1.80. The number of benzene rings is 3. The van der Waals surface area contributed by atoms with Crippen molar-refractivity contribution in [3.63, 3.8) is 0 Å². The number of nitrogens with zero attached hydrogens (tertiary/aromatic N) is 2. The molecule has 1 amide bonds. The van der Waals surface area contributed by atoms with E-state index in [2.05, 4.69) is 5.43 Å². The molecule has 3 N–H and O–H groups in total. The van der Waals surface area contributed by atoms with Crippen molar-refractivity contribution in [3.05, 3.63) is 105 Å². The molecule has 0 spiro atoms. The summed E-state index contributed by atoms with van der Waals surface area (Å²) < 4.78 is 0. The molecule has 158 valence electrons. The molecular weight excluding hydrogens is 455 g/mol. The van der Waals surface area contributed by atoms with Gasteiger partial charge in [-0.25, -0.2) is 5.84 Å². The zero-order valence-corrected chi connectivity index (χ0v) is 18.8. The van der Waals surface area contributed by atoms with Gasteiger partial charge in [0.2, 0.25) is 0 Å². The highest BCUT2D eigenvalue weighted by molar-refractivity contribution is 6.31. The summed E-state index contributed by atoms with van der Waals surface area (Å²) in [5.41, 5.74) is 5.99. The Morgan fingerprint density at radius 1 is 0.968 bits per heavy atom. The third kappa shape index (κ3) is 4.10. The number of anilines is 2. The molecule has 0 fully saturated rings. The van der Waals surface area contributed by atoms with Gasteiger partial charge < -0.3 is 9.80 Å². The SMILES string of the molecule is Cc1cc(Cl)ccc1N1C(C(=O)NN)=CN(c2ccc(Cl)cc2)C1c1ccccc1Cl. The Labute approximate surface area is 195 Å². The maximum Gasteiger partial charge on any atom is 0.283 e. The summed E-state index contributed by atoms with van der Waals surface area (Å²) >= 11 is 18.9. The third-order valence-electron chi connectivity index (χ3n) is 5.12. The van der Waals surface area contributed by atoms with Crippen LogP contribution in [-0.4, -0.2) is 5.91 Å². The fraction of sp³-hybridized carbons (Fsp3) is 0.0870. The Balaban J connectivity index is 1.96. The normalized spacial score (nSPS) is 15.8. The molecule has 0 saturated carbocycles. The molecule has 4 rings (SSSR count). The Kier molecular flexibility index (Phi) is 6.12. The fourth-order valence-corrected chi connectivity index (χ4v) is 4.30. The minimum absolute atomic E-state index is 0.368. The Morgan fingerprint density at radius 2 is 1.65 bits per heavy atom. The third-order valence-corrected chi connectivity index (χ3v) is 5.95. The van der Waals surface area contributed by atoms with Crippen molar-refractivity contribution in [2.24, 2.45) is 5.84 Å². The Bertz CT molecular complexity index is 1160. The summed E-state index contributed by atoms with van der Waals surface area (Å²) in [6, 6.07) is 20.4. The van der Waals surface area contributed by atoms with Gasteiger partial charge in [-0.1, -0.05) is 53.0 Å². The van der Waals surface area contributed by atoms with Gasteiger partial charge in [0, 0.05) is 38.2 Å². The molecule has 1 unspecified atom stereocenters. The average Bonchev–Trinajstić information content (AvgIpc) is 3.14. The summed E-state index contributed by atoms with van der Waals surface area (Å²) in [5.74, 6) is 5.09. The van der Waals surface area contributed by atoms with Crippen LogP contribution in [0.1, 0.15) is 17.3 Å². The van der Waals surface area contributed by atoms with Gasteiger partial charge in [0.1, 0.15) is 11.9 Å². The zero-order chi connectivity index (χ0) is 22.1. The molecule has 1 aliphatic rings. The second kappa shape index (κ2) is 8.81. The van der Waals surface area contributed by atoms with Crippen molar-refractivity contribution < 1.29 is 4.79 Å². The lowest BCUT2D eigenvalue weighted by Crippen LogP contribution is -2.39. The van der Waals surface area contributed by atoms with E-state index in [0.717, 1.165) is 22.5 Å². The lowest BCUT2D eigenvalue weighted by atomic mass is 10.1. The second-order valence-electron chi connectivity index (χ2n) is 7.07.